The molecule has 0 spiro atoms. The molecule has 0 saturated heterocycles. The second-order valence-corrected chi connectivity index (χ2v) is 4.74. The topological polar surface area (TPSA) is 55.3 Å². The first-order valence-corrected chi connectivity index (χ1v) is 6.14. The number of benzene rings is 1. The Labute approximate surface area is 110 Å². The van der Waals surface area contributed by atoms with E-state index in [0.717, 1.165) is 11.0 Å². The van der Waals surface area contributed by atoms with Crippen molar-refractivity contribution in [2.24, 2.45) is 0 Å². The summed E-state index contributed by atoms with van der Waals surface area (Å²) in [4.78, 5) is 6.39. The average molecular weight is 257 g/mol. The molecular weight excluding hydrogens is 242 g/mol. The molecule has 2 heterocycles. The van der Waals surface area contributed by atoms with Crippen molar-refractivity contribution in [3.05, 3.63) is 36.2 Å². The van der Waals surface area contributed by atoms with Crippen LogP contribution in [-0.4, -0.2) is 29.1 Å². The number of aromatic nitrogens is 2. The van der Waals surface area contributed by atoms with Crippen molar-refractivity contribution in [2.45, 2.75) is 13.0 Å². The van der Waals surface area contributed by atoms with E-state index in [4.69, 9.17) is 8.94 Å². The lowest BCUT2D eigenvalue weighted by atomic mass is 10.2. The number of para-hydroxylation sites is 1. The van der Waals surface area contributed by atoms with E-state index in [2.05, 4.69) is 10.1 Å². The van der Waals surface area contributed by atoms with Crippen molar-refractivity contribution in [3.8, 4) is 11.6 Å². The van der Waals surface area contributed by atoms with Gasteiger partial charge in [-0.2, -0.15) is 4.98 Å². The molecule has 0 amide bonds. The predicted molar refractivity (Wildman–Crippen MR) is 71.6 cm³/mol. The van der Waals surface area contributed by atoms with E-state index in [1.165, 1.54) is 0 Å². The van der Waals surface area contributed by atoms with Crippen LogP contribution >= 0.6 is 0 Å². The van der Waals surface area contributed by atoms with E-state index in [-0.39, 0.29) is 6.04 Å². The summed E-state index contributed by atoms with van der Waals surface area (Å²) in [6.45, 7) is 2.01. The summed E-state index contributed by atoms with van der Waals surface area (Å²) in [5.74, 6) is 1.70. The molecule has 0 bridgehead atoms. The third-order valence-corrected chi connectivity index (χ3v) is 3.22. The van der Waals surface area contributed by atoms with E-state index < -0.39 is 0 Å². The van der Waals surface area contributed by atoms with E-state index in [1.807, 2.05) is 56.3 Å². The first-order valence-electron chi connectivity index (χ1n) is 6.14. The summed E-state index contributed by atoms with van der Waals surface area (Å²) >= 11 is 0. The molecule has 0 fully saturated rings. The molecule has 3 rings (SSSR count). The molecule has 98 valence electrons. The van der Waals surface area contributed by atoms with E-state index in [9.17, 15) is 0 Å². The lowest BCUT2D eigenvalue weighted by molar-refractivity contribution is 0.245. The Kier molecular flexibility index (Phi) is 2.83. The predicted octanol–water partition coefficient (Wildman–Crippen LogP) is 3.11. The van der Waals surface area contributed by atoms with Crippen LogP contribution in [0, 0.1) is 0 Å². The molecule has 0 aliphatic rings. The van der Waals surface area contributed by atoms with Gasteiger partial charge < -0.3 is 8.94 Å². The monoisotopic (exact) mass is 257 g/mol. The number of furan rings is 1. The zero-order valence-electron chi connectivity index (χ0n) is 11.1. The lowest BCUT2D eigenvalue weighted by Crippen LogP contribution is -2.16. The fourth-order valence-electron chi connectivity index (χ4n) is 1.82. The van der Waals surface area contributed by atoms with Crippen molar-refractivity contribution in [1.82, 2.24) is 15.0 Å². The molecule has 5 heteroatoms. The second kappa shape index (κ2) is 4.51. The van der Waals surface area contributed by atoms with E-state index in [1.54, 1.807) is 0 Å². The summed E-state index contributed by atoms with van der Waals surface area (Å²) in [5, 5.41) is 5.01. The highest BCUT2D eigenvalue weighted by molar-refractivity contribution is 5.81. The van der Waals surface area contributed by atoms with Crippen molar-refractivity contribution < 1.29 is 8.94 Å². The van der Waals surface area contributed by atoms with Crippen LogP contribution < -0.4 is 0 Å². The van der Waals surface area contributed by atoms with Crippen molar-refractivity contribution in [3.63, 3.8) is 0 Å². The van der Waals surface area contributed by atoms with Crippen LogP contribution in [0.2, 0.25) is 0 Å². The summed E-state index contributed by atoms with van der Waals surface area (Å²) in [7, 11) is 3.94. The van der Waals surface area contributed by atoms with Gasteiger partial charge in [-0.05, 0) is 33.2 Å². The molecule has 1 aromatic carbocycles. The summed E-state index contributed by atoms with van der Waals surface area (Å²) in [6, 6.07) is 9.81. The third-order valence-electron chi connectivity index (χ3n) is 3.22. The van der Waals surface area contributed by atoms with Crippen molar-refractivity contribution in [2.75, 3.05) is 14.1 Å². The average Bonchev–Trinajstić information content (AvgIpc) is 3.03. The molecule has 5 nitrogen and oxygen atoms in total. The minimum absolute atomic E-state index is 0.0747. The molecular formula is C14H15N3O2. The van der Waals surface area contributed by atoms with Crippen LogP contribution in [0.5, 0.6) is 0 Å². The number of hydrogen-bond donors (Lipinski definition) is 0. The van der Waals surface area contributed by atoms with Gasteiger partial charge in [0.25, 0.3) is 0 Å². The third kappa shape index (κ3) is 2.13. The van der Waals surface area contributed by atoms with Crippen LogP contribution in [-0.2, 0) is 0 Å². The van der Waals surface area contributed by atoms with Crippen molar-refractivity contribution >= 4 is 11.0 Å². The van der Waals surface area contributed by atoms with Gasteiger partial charge in [0.05, 0.1) is 6.04 Å². The first kappa shape index (κ1) is 11.9. The second-order valence-electron chi connectivity index (χ2n) is 4.74. The largest absolute Gasteiger partial charge is 0.453 e. The van der Waals surface area contributed by atoms with Gasteiger partial charge in [-0.1, -0.05) is 23.4 Å². The Morgan fingerprint density at radius 3 is 2.74 bits per heavy atom. The molecule has 3 aromatic rings. The number of nitrogens with zero attached hydrogens (tertiary/aromatic N) is 3. The Hall–Kier alpha value is -2.14. The summed E-state index contributed by atoms with van der Waals surface area (Å²) in [6.07, 6.45) is 0. The molecule has 0 radical (unpaired) electrons. The molecule has 0 saturated carbocycles. The molecule has 1 atom stereocenters. The highest BCUT2D eigenvalue weighted by atomic mass is 16.5. The van der Waals surface area contributed by atoms with Crippen LogP contribution in [0.25, 0.3) is 22.6 Å². The van der Waals surface area contributed by atoms with Crippen molar-refractivity contribution in [1.29, 1.82) is 0 Å². The zero-order chi connectivity index (χ0) is 13.4. The first-order chi connectivity index (χ1) is 9.15. The maximum Gasteiger partial charge on any atom is 0.244 e. The summed E-state index contributed by atoms with van der Waals surface area (Å²) in [5.41, 5.74) is 0.824. The molecule has 0 N–H and O–H groups in total. The fraction of sp³-hybridized carbons (Fsp3) is 0.286. The number of rotatable bonds is 3. The van der Waals surface area contributed by atoms with Gasteiger partial charge in [0.1, 0.15) is 5.58 Å². The number of hydrogen-bond acceptors (Lipinski definition) is 5. The molecule has 2 aromatic heterocycles. The van der Waals surface area contributed by atoms with Gasteiger partial charge in [-0.15, -0.1) is 0 Å². The quantitative estimate of drug-likeness (QED) is 0.721. The Balaban J connectivity index is 1.98. The zero-order valence-corrected chi connectivity index (χ0v) is 11.1. The van der Waals surface area contributed by atoms with E-state index >= 15 is 0 Å². The Bertz CT molecular complexity index is 666. The minimum Gasteiger partial charge on any atom is -0.453 e. The normalized spacial score (nSPS) is 13.3. The molecule has 0 aliphatic carbocycles. The standard InChI is InChI=1S/C14H15N3O2/c1-9(17(2)3)14-15-13(16-19-14)12-8-10-6-4-5-7-11(10)18-12/h4-9H,1-3H3/t9-/m0/s1. The van der Waals surface area contributed by atoms with Gasteiger partial charge in [0.2, 0.25) is 11.7 Å². The molecule has 0 aliphatic heterocycles. The van der Waals surface area contributed by atoms with Gasteiger partial charge in [0, 0.05) is 5.39 Å². The molecule has 0 unspecified atom stereocenters. The number of fused-ring (bicyclic) bond motifs is 1. The molecule has 19 heavy (non-hydrogen) atoms. The van der Waals surface area contributed by atoms with Crippen LogP contribution in [0.4, 0.5) is 0 Å². The van der Waals surface area contributed by atoms with E-state index in [0.29, 0.717) is 17.5 Å². The Morgan fingerprint density at radius 1 is 1.21 bits per heavy atom. The SMILES string of the molecule is C[C@@H](c1nc(-c2cc3ccccc3o2)no1)N(C)C. The highest BCUT2D eigenvalue weighted by Gasteiger charge is 2.18. The smallest absolute Gasteiger partial charge is 0.244 e. The lowest BCUT2D eigenvalue weighted by Gasteiger charge is -2.14. The van der Waals surface area contributed by atoms with Gasteiger partial charge in [-0.3, -0.25) is 4.90 Å². The van der Waals surface area contributed by atoms with Gasteiger partial charge in [0.15, 0.2) is 5.76 Å². The van der Waals surface area contributed by atoms with Crippen LogP contribution in [0.1, 0.15) is 18.9 Å². The minimum atomic E-state index is 0.0747. The fourth-order valence-corrected chi connectivity index (χ4v) is 1.82. The maximum atomic E-state index is 5.71. The van der Waals surface area contributed by atoms with Crippen LogP contribution in [0.15, 0.2) is 39.3 Å². The Morgan fingerprint density at radius 2 is 2.00 bits per heavy atom. The summed E-state index contributed by atoms with van der Waals surface area (Å²) < 4.78 is 11.0. The highest BCUT2D eigenvalue weighted by Crippen LogP contribution is 2.27. The van der Waals surface area contributed by atoms with Crippen LogP contribution in [0.3, 0.4) is 0 Å². The maximum absolute atomic E-state index is 5.71. The van der Waals surface area contributed by atoms with Gasteiger partial charge in [-0.25, -0.2) is 0 Å². The van der Waals surface area contributed by atoms with Gasteiger partial charge >= 0.3 is 0 Å².